The van der Waals surface area contributed by atoms with E-state index in [0.717, 1.165) is 14.5 Å². The van der Waals surface area contributed by atoms with E-state index in [9.17, 15) is 4.79 Å². The lowest BCUT2D eigenvalue weighted by molar-refractivity contribution is 0.103. The van der Waals surface area contributed by atoms with Gasteiger partial charge in [-0.3, -0.25) is 4.79 Å². The third-order valence-electron chi connectivity index (χ3n) is 2.83. The molecule has 1 heterocycles. The molecule has 3 rings (SSSR count). The normalized spacial score (nSPS) is 10.6. The van der Waals surface area contributed by atoms with Gasteiger partial charge in [-0.05, 0) is 59.0 Å². The van der Waals surface area contributed by atoms with Crippen LogP contribution in [-0.4, -0.2) is 16.0 Å². The average molecular weight is 360 g/mol. The highest BCUT2D eigenvalue weighted by Crippen LogP contribution is 2.14. The number of fused-ring (bicyclic) bond motifs is 1. The molecule has 0 bridgehead atoms. The molecule has 0 spiro atoms. The molecule has 0 fully saturated rings. The van der Waals surface area contributed by atoms with Crippen molar-refractivity contribution in [2.24, 2.45) is 0 Å². The zero-order valence-electron chi connectivity index (χ0n) is 9.88. The summed E-state index contributed by atoms with van der Waals surface area (Å²) in [4.78, 5) is 12.3. The first-order valence-electron chi connectivity index (χ1n) is 5.77. The Morgan fingerprint density at radius 1 is 0.947 bits per heavy atom. The number of benzene rings is 2. The van der Waals surface area contributed by atoms with Crippen LogP contribution in [0.5, 0.6) is 0 Å². The Morgan fingerprint density at radius 3 is 2.47 bits per heavy atom. The first kappa shape index (κ1) is 12.2. The van der Waals surface area contributed by atoms with E-state index in [1.807, 2.05) is 36.4 Å². The van der Waals surface area contributed by atoms with Crippen molar-refractivity contribution in [3.8, 4) is 0 Å². The largest absolute Gasteiger partial charge is 0.287 e. The van der Waals surface area contributed by atoms with Gasteiger partial charge in [-0.2, -0.15) is 0 Å². The minimum Gasteiger partial charge on any atom is -0.287 e. The molecular formula is C15H9IN2O. The second-order valence-electron chi connectivity index (χ2n) is 4.12. The number of carbonyl (C=O) groups excluding carboxylic acids is 1. The monoisotopic (exact) mass is 360 g/mol. The van der Waals surface area contributed by atoms with Crippen molar-refractivity contribution in [2.45, 2.75) is 0 Å². The molecular weight excluding hydrogens is 351 g/mol. The summed E-state index contributed by atoms with van der Waals surface area (Å²) in [5.41, 5.74) is 1.80. The van der Waals surface area contributed by atoms with Crippen LogP contribution in [0.25, 0.3) is 10.9 Å². The summed E-state index contributed by atoms with van der Waals surface area (Å²) in [7, 11) is 0. The lowest BCUT2D eigenvalue weighted by Crippen LogP contribution is -2.05. The lowest BCUT2D eigenvalue weighted by atomic mass is 10.1. The van der Waals surface area contributed by atoms with Crippen molar-refractivity contribution < 1.29 is 4.79 Å². The molecule has 1 aromatic heterocycles. The number of aromatic nitrogens is 2. The van der Waals surface area contributed by atoms with Crippen LogP contribution in [-0.2, 0) is 0 Å². The van der Waals surface area contributed by atoms with E-state index in [-0.39, 0.29) is 5.78 Å². The molecule has 92 valence electrons. The standard InChI is InChI=1S/C15H9IN2O/c16-12-7-5-10(6-8-12)15(19)14-9-11-3-1-2-4-13(11)17-18-14/h1-9H. The smallest absolute Gasteiger partial charge is 0.213 e. The molecule has 0 aliphatic heterocycles. The van der Waals surface area contributed by atoms with E-state index in [1.165, 1.54) is 0 Å². The SMILES string of the molecule is O=C(c1ccc(I)cc1)c1cc2ccccc2nn1. The third kappa shape index (κ3) is 2.49. The molecule has 0 aliphatic carbocycles. The number of rotatable bonds is 2. The Labute approximate surface area is 123 Å². The van der Waals surface area contributed by atoms with Crippen molar-refractivity contribution in [1.29, 1.82) is 0 Å². The number of hydrogen-bond acceptors (Lipinski definition) is 3. The lowest BCUT2D eigenvalue weighted by Gasteiger charge is -2.01. The average Bonchev–Trinajstić information content (AvgIpc) is 2.47. The van der Waals surface area contributed by atoms with Crippen LogP contribution in [0.1, 0.15) is 16.1 Å². The van der Waals surface area contributed by atoms with Crippen LogP contribution in [0.4, 0.5) is 0 Å². The topological polar surface area (TPSA) is 42.9 Å². The van der Waals surface area contributed by atoms with E-state index in [2.05, 4.69) is 32.8 Å². The van der Waals surface area contributed by atoms with Gasteiger partial charge in [0, 0.05) is 14.5 Å². The maximum Gasteiger partial charge on any atom is 0.213 e. The van der Waals surface area contributed by atoms with Gasteiger partial charge in [-0.1, -0.05) is 18.2 Å². The Kier molecular flexibility index (Phi) is 3.25. The fourth-order valence-electron chi connectivity index (χ4n) is 1.84. The Bertz CT molecular complexity index is 753. The van der Waals surface area contributed by atoms with E-state index < -0.39 is 0 Å². The molecule has 2 aromatic carbocycles. The molecule has 3 aromatic rings. The molecule has 0 N–H and O–H groups in total. The number of halogens is 1. The third-order valence-corrected chi connectivity index (χ3v) is 3.55. The van der Waals surface area contributed by atoms with Crippen molar-refractivity contribution >= 4 is 39.3 Å². The van der Waals surface area contributed by atoms with Crippen LogP contribution in [0.15, 0.2) is 54.6 Å². The first-order valence-corrected chi connectivity index (χ1v) is 6.85. The van der Waals surface area contributed by atoms with E-state index >= 15 is 0 Å². The summed E-state index contributed by atoms with van der Waals surface area (Å²) < 4.78 is 1.10. The van der Waals surface area contributed by atoms with Gasteiger partial charge in [0.05, 0.1) is 5.52 Å². The number of nitrogens with zero attached hydrogens (tertiary/aromatic N) is 2. The van der Waals surface area contributed by atoms with Crippen molar-refractivity contribution in [3.05, 3.63) is 69.4 Å². The summed E-state index contributed by atoms with van der Waals surface area (Å²) in [5, 5.41) is 9.00. The fourth-order valence-corrected chi connectivity index (χ4v) is 2.20. The Morgan fingerprint density at radius 2 is 1.68 bits per heavy atom. The molecule has 0 atom stereocenters. The zero-order chi connectivity index (χ0) is 13.2. The molecule has 0 unspecified atom stereocenters. The number of ketones is 1. The van der Waals surface area contributed by atoms with Gasteiger partial charge in [-0.25, -0.2) is 0 Å². The summed E-state index contributed by atoms with van der Waals surface area (Å²) in [6, 6.07) is 16.8. The minimum atomic E-state index is -0.102. The maximum atomic E-state index is 12.3. The molecule has 0 saturated heterocycles. The highest BCUT2D eigenvalue weighted by molar-refractivity contribution is 14.1. The highest BCUT2D eigenvalue weighted by atomic mass is 127. The first-order chi connectivity index (χ1) is 9.24. The van der Waals surface area contributed by atoms with Gasteiger partial charge in [0.25, 0.3) is 0 Å². The minimum absolute atomic E-state index is 0.102. The van der Waals surface area contributed by atoms with Crippen molar-refractivity contribution in [3.63, 3.8) is 0 Å². The quantitative estimate of drug-likeness (QED) is 0.519. The summed E-state index contributed by atoms with van der Waals surface area (Å²) in [5.74, 6) is -0.102. The predicted molar refractivity (Wildman–Crippen MR) is 82.1 cm³/mol. The molecule has 19 heavy (non-hydrogen) atoms. The van der Waals surface area contributed by atoms with Gasteiger partial charge in [0.2, 0.25) is 5.78 Å². The van der Waals surface area contributed by atoms with Crippen LogP contribution in [0.3, 0.4) is 0 Å². The van der Waals surface area contributed by atoms with Gasteiger partial charge < -0.3 is 0 Å². The second kappa shape index (κ2) is 5.05. The van der Waals surface area contributed by atoms with Crippen molar-refractivity contribution in [2.75, 3.05) is 0 Å². The summed E-state index contributed by atoms with van der Waals surface area (Å²) >= 11 is 2.21. The summed E-state index contributed by atoms with van der Waals surface area (Å²) in [6.45, 7) is 0. The van der Waals surface area contributed by atoms with Crippen molar-refractivity contribution in [1.82, 2.24) is 10.2 Å². The maximum absolute atomic E-state index is 12.3. The number of hydrogen-bond donors (Lipinski definition) is 0. The van der Waals surface area contributed by atoms with Crippen LogP contribution < -0.4 is 0 Å². The van der Waals surface area contributed by atoms with Gasteiger partial charge in [0.1, 0.15) is 5.69 Å². The predicted octanol–water partition coefficient (Wildman–Crippen LogP) is 3.47. The Balaban J connectivity index is 2.04. The van der Waals surface area contributed by atoms with Gasteiger partial charge in [0.15, 0.2) is 0 Å². The molecule has 4 heteroatoms. The van der Waals surface area contributed by atoms with Gasteiger partial charge >= 0.3 is 0 Å². The van der Waals surface area contributed by atoms with Crippen LogP contribution in [0, 0.1) is 3.57 Å². The second-order valence-corrected chi connectivity index (χ2v) is 5.37. The van der Waals surface area contributed by atoms with E-state index in [1.54, 1.807) is 18.2 Å². The summed E-state index contributed by atoms with van der Waals surface area (Å²) in [6.07, 6.45) is 0. The van der Waals surface area contributed by atoms with E-state index in [0.29, 0.717) is 11.3 Å². The molecule has 0 radical (unpaired) electrons. The van der Waals surface area contributed by atoms with E-state index in [4.69, 9.17) is 0 Å². The number of carbonyl (C=O) groups is 1. The van der Waals surface area contributed by atoms with Gasteiger partial charge in [-0.15, -0.1) is 10.2 Å². The fraction of sp³-hybridized carbons (Fsp3) is 0. The van der Waals surface area contributed by atoms with Crippen LogP contribution >= 0.6 is 22.6 Å². The molecule has 3 nitrogen and oxygen atoms in total. The highest BCUT2D eigenvalue weighted by Gasteiger charge is 2.11. The van der Waals surface area contributed by atoms with Crippen LogP contribution in [0.2, 0.25) is 0 Å². The molecule has 0 amide bonds. The zero-order valence-corrected chi connectivity index (χ0v) is 12.0. The molecule has 0 saturated carbocycles. The Hall–Kier alpha value is -1.82. The molecule has 0 aliphatic rings.